The number of ether oxygens (including phenoxy) is 2. The van der Waals surface area contributed by atoms with Gasteiger partial charge in [-0.25, -0.2) is 4.39 Å². The summed E-state index contributed by atoms with van der Waals surface area (Å²) in [6.45, 7) is 0. The molecule has 0 aliphatic carbocycles. The predicted molar refractivity (Wildman–Crippen MR) is 90.1 cm³/mol. The fourth-order valence-corrected chi connectivity index (χ4v) is 3.59. The monoisotopic (exact) mass is 428 g/mol. The molecule has 0 fully saturated rings. The zero-order chi connectivity index (χ0) is 15.9. The van der Waals surface area contributed by atoms with Crippen molar-refractivity contribution in [3.63, 3.8) is 0 Å². The lowest BCUT2D eigenvalue weighted by Gasteiger charge is -2.09. The molecule has 0 saturated carbocycles. The number of fused-ring (bicyclic) bond motifs is 1. The molecule has 3 rings (SSSR count). The van der Waals surface area contributed by atoms with Gasteiger partial charge in [-0.1, -0.05) is 0 Å². The molecule has 0 atom stereocenters. The quantitative estimate of drug-likeness (QED) is 0.528. The summed E-state index contributed by atoms with van der Waals surface area (Å²) >= 11 is 7.02. The van der Waals surface area contributed by atoms with E-state index in [2.05, 4.69) is 31.9 Å². The smallest absolute Gasteiger partial charge is 0.149 e. The first-order valence-electron chi connectivity index (χ1n) is 6.35. The van der Waals surface area contributed by atoms with Crippen molar-refractivity contribution in [1.29, 1.82) is 0 Å². The molecule has 3 aromatic rings. The minimum Gasteiger partial charge on any atom is -0.495 e. The molecule has 0 amide bonds. The molecule has 1 aromatic heterocycles. The third-order valence-corrected chi connectivity index (χ3v) is 4.82. The van der Waals surface area contributed by atoms with Crippen LogP contribution in [-0.2, 0) is 0 Å². The van der Waals surface area contributed by atoms with E-state index in [0.717, 1.165) is 15.4 Å². The predicted octanol–water partition coefficient (Wildman–Crippen LogP) is 5.78. The summed E-state index contributed by atoms with van der Waals surface area (Å²) in [5.41, 5.74) is 1.38. The van der Waals surface area contributed by atoms with E-state index in [1.54, 1.807) is 32.4 Å². The fraction of sp³-hybridized carbons (Fsp3) is 0.125. The first kappa shape index (κ1) is 15.4. The molecular formula is C16H11Br2FO3. The molecule has 22 heavy (non-hydrogen) atoms. The SMILES string of the molecule is COc1cc2oc(-c3ccc(F)cc3)c(Br)c2c(OC)c1Br. The first-order valence-corrected chi connectivity index (χ1v) is 7.93. The standard InChI is InChI=1S/C16H11Br2FO3/c1-20-11-7-10-12(16(21-2)13(11)17)14(18)15(22-10)8-3-5-9(19)6-4-8/h3-7H,1-2H3. The molecule has 2 aromatic carbocycles. The van der Waals surface area contributed by atoms with E-state index >= 15 is 0 Å². The van der Waals surface area contributed by atoms with Gasteiger partial charge in [0.1, 0.15) is 33.1 Å². The van der Waals surface area contributed by atoms with Gasteiger partial charge >= 0.3 is 0 Å². The van der Waals surface area contributed by atoms with Gasteiger partial charge in [0.05, 0.1) is 24.1 Å². The maximum absolute atomic E-state index is 13.1. The normalized spacial score (nSPS) is 11.0. The van der Waals surface area contributed by atoms with Crippen molar-refractivity contribution in [1.82, 2.24) is 0 Å². The molecule has 0 spiro atoms. The van der Waals surface area contributed by atoms with E-state index < -0.39 is 0 Å². The average molecular weight is 430 g/mol. The summed E-state index contributed by atoms with van der Waals surface area (Å²) in [4.78, 5) is 0. The summed E-state index contributed by atoms with van der Waals surface area (Å²) in [6, 6.07) is 7.89. The van der Waals surface area contributed by atoms with Gasteiger partial charge in [0.25, 0.3) is 0 Å². The Kier molecular flexibility index (Phi) is 4.14. The molecule has 0 bridgehead atoms. The van der Waals surface area contributed by atoms with Crippen LogP contribution in [0.25, 0.3) is 22.3 Å². The Balaban J connectivity index is 2.31. The van der Waals surface area contributed by atoms with Crippen molar-refractivity contribution in [2.45, 2.75) is 0 Å². The van der Waals surface area contributed by atoms with E-state index in [0.29, 0.717) is 27.3 Å². The molecule has 0 radical (unpaired) electrons. The van der Waals surface area contributed by atoms with Gasteiger partial charge in [-0.15, -0.1) is 0 Å². The highest BCUT2D eigenvalue weighted by Gasteiger charge is 2.22. The summed E-state index contributed by atoms with van der Waals surface area (Å²) < 4.78 is 31.2. The number of benzene rings is 2. The Bertz CT molecular complexity index is 841. The fourth-order valence-electron chi connectivity index (χ4n) is 2.27. The Morgan fingerprint density at radius 1 is 1.00 bits per heavy atom. The lowest BCUT2D eigenvalue weighted by atomic mass is 10.1. The van der Waals surface area contributed by atoms with Gasteiger partial charge in [0, 0.05) is 11.6 Å². The summed E-state index contributed by atoms with van der Waals surface area (Å²) in [7, 11) is 3.15. The van der Waals surface area contributed by atoms with Crippen molar-refractivity contribution in [3.05, 3.63) is 45.1 Å². The number of rotatable bonds is 3. The summed E-state index contributed by atoms with van der Waals surface area (Å²) in [6.07, 6.45) is 0. The van der Waals surface area contributed by atoms with Crippen molar-refractivity contribution < 1.29 is 18.3 Å². The van der Waals surface area contributed by atoms with Crippen LogP contribution < -0.4 is 9.47 Å². The second kappa shape index (κ2) is 5.93. The maximum atomic E-state index is 13.1. The van der Waals surface area contributed by atoms with Crippen LogP contribution >= 0.6 is 31.9 Å². The second-order valence-electron chi connectivity index (χ2n) is 4.55. The molecule has 1 heterocycles. The van der Waals surface area contributed by atoms with Crippen molar-refractivity contribution >= 4 is 42.8 Å². The topological polar surface area (TPSA) is 31.6 Å². The van der Waals surface area contributed by atoms with Crippen LogP contribution in [0.1, 0.15) is 0 Å². The highest BCUT2D eigenvalue weighted by Crippen LogP contribution is 2.48. The van der Waals surface area contributed by atoms with Gasteiger partial charge in [0.2, 0.25) is 0 Å². The molecular weight excluding hydrogens is 419 g/mol. The van der Waals surface area contributed by atoms with E-state index in [1.165, 1.54) is 12.1 Å². The highest BCUT2D eigenvalue weighted by atomic mass is 79.9. The minimum absolute atomic E-state index is 0.294. The van der Waals surface area contributed by atoms with Gasteiger partial charge in [-0.05, 0) is 56.1 Å². The van der Waals surface area contributed by atoms with Gasteiger partial charge in [0.15, 0.2) is 0 Å². The van der Waals surface area contributed by atoms with Crippen molar-refractivity contribution in [2.75, 3.05) is 14.2 Å². The first-order chi connectivity index (χ1) is 10.6. The molecule has 6 heteroatoms. The molecule has 0 unspecified atom stereocenters. The molecule has 114 valence electrons. The Morgan fingerprint density at radius 3 is 2.27 bits per heavy atom. The molecule has 3 nitrogen and oxygen atoms in total. The third-order valence-electron chi connectivity index (χ3n) is 3.31. The van der Waals surface area contributed by atoms with Crippen LogP contribution in [0.3, 0.4) is 0 Å². The van der Waals surface area contributed by atoms with Gasteiger partial charge < -0.3 is 13.9 Å². The lowest BCUT2D eigenvalue weighted by molar-refractivity contribution is 0.392. The van der Waals surface area contributed by atoms with E-state index in [-0.39, 0.29) is 5.82 Å². The van der Waals surface area contributed by atoms with E-state index in [4.69, 9.17) is 13.9 Å². The van der Waals surface area contributed by atoms with E-state index in [9.17, 15) is 4.39 Å². The number of halogens is 3. The highest BCUT2D eigenvalue weighted by molar-refractivity contribution is 9.11. The zero-order valence-corrected chi connectivity index (χ0v) is 14.9. The van der Waals surface area contributed by atoms with E-state index in [1.807, 2.05) is 0 Å². The minimum atomic E-state index is -0.294. The molecule has 0 N–H and O–H groups in total. The lowest BCUT2D eigenvalue weighted by Crippen LogP contribution is -1.90. The van der Waals surface area contributed by atoms with Crippen molar-refractivity contribution in [3.8, 4) is 22.8 Å². The Hall–Kier alpha value is -1.53. The van der Waals surface area contributed by atoms with Crippen LogP contribution in [0.5, 0.6) is 11.5 Å². The molecule has 0 saturated heterocycles. The summed E-state index contributed by atoms with van der Waals surface area (Å²) in [5, 5.41) is 0.787. The van der Waals surface area contributed by atoms with Crippen LogP contribution in [0, 0.1) is 5.82 Å². The zero-order valence-electron chi connectivity index (χ0n) is 11.7. The van der Waals surface area contributed by atoms with Crippen molar-refractivity contribution in [2.24, 2.45) is 0 Å². The van der Waals surface area contributed by atoms with Crippen LogP contribution in [0.4, 0.5) is 4.39 Å². The average Bonchev–Trinajstić information content (AvgIpc) is 2.84. The summed E-state index contributed by atoms with van der Waals surface area (Å²) in [5.74, 6) is 1.53. The maximum Gasteiger partial charge on any atom is 0.149 e. The second-order valence-corrected chi connectivity index (χ2v) is 6.14. The largest absolute Gasteiger partial charge is 0.495 e. The van der Waals surface area contributed by atoms with Crippen LogP contribution in [-0.4, -0.2) is 14.2 Å². The molecule has 0 aliphatic rings. The number of hydrogen-bond acceptors (Lipinski definition) is 3. The number of furan rings is 1. The number of hydrogen-bond donors (Lipinski definition) is 0. The Labute approximate surface area is 143 Å². The number of methoxy groups -OCH3 is 2. The van der Waals surface area contributed by atoms with Gasteiger partial charge in [-0.3, -0.25) is 0 Å². The molecule has 0 aliphatic heterocycles. The van der Waals surface area contributed by atoms with Gasteiger partial charge in [-0.2, -0.15) is 0 Å². The van der Waals surface area contributed by atoms with Crippen LogP contribution in [0.2, 0.25) is 0 Å². The van der Waals surface area contributed by atoms with Crippen LogP contribution in [0.15, 0.2) is 43.7 Å². The Morgan fingerprint density at radius 2 is 1.68 bits per heavy atom. The third kappa shape index (κ3) is 2.40.